The molecule has 52 valence electrons. The van der Waals surface area contributed by atoms with Crippen LogP contribution in [0.4, 0.5) is 0 Å². The molecular formula is C7H14N2. The van der Waals surface area contributed by atoms with Gasteiger partial charge in [-0.15, -0.1) is 0 Å². The van der Waals surface area contributed by atoms with Gasteiger partial charge in [0.05, 0.1) is 0 Å². The molecule has 2 fully saturated rings. The van der Waals surface area contributed by atoms with Gasteiger partial charge in [0.2, 0.25) is 0 Å². The molecule has 3 unspecified atom stereocenters. The van der Waals surface area contributed by atoms with Gasteiger partial charge in [0.25, 0.3) is 0 Å². The second kappa shape index (κ2) is 1.96. The van der Waals surface area contributed by atoms with E-state index in [0.29, 0.717) is 0 Å². The highest BCUT2D eigenvalue weighted by molar-refractivity contribution is 4.89. The second-order valence-electron chi connectivity index (χ2n) is 3.24. The molecule has 2 aliphatic heterocycles. The lowest BCUT2D eigenvalue weighted by molar-refractivity contribution is 0.213. The first-order valence-electron chi connectivity index (χ1n) is 3.83. The fraction of sp³-hybridized carbons (Fsp3) is 1.00. The second-order valence-corrected chi connectivity index (χ2v) is 3.24. The lowest BCUT2D eigenvalue weighted by atomic mass is 10.2. The van der Waals surface area contributed by atoms with Crippen LogP contribution in [0.5, 0.6) is 0 Å². The zero-order valence-corrected chi connectivity index (χ0v) is 5.93. The molecule has 2 heterocycles. The minimum atomic E-state index is 0.781. The number of piperazine rings is 1. The van der Waals surface area contributed by atoms with Crippen molar-refractivity contribution in [2.24, 2.45) is 0 Å². The molecule has 0 amide bonds. The van der Waals surface area contributed by atoms with E-state index in [1.165, 1.54) is 26.1 Å². The van der Waals surface area contributed by atoms with Gasteiger partial charge in [0.15, 0.2) is 0 Å². The number of rotatable bonds is 0. The summed E-state index contributed by atoms with van der Waals surface area (Å²) in [6, 6.07) is 1.60. The molecule has 0 aliphatic carbocycles. The van der Waals surface area contributed by atoms with Crippen molar-refractivity contribution in [1.82, 2.24) is 10.2 Å². The number of fused-ring (bicyclic) bond motifs is 2. The Labute approximate surface area is 56.2 Å². The summed E-state index contributed by atoms with van der Waals surface area (Å²) >= 11 is 0. The lowest BCUT2D eigenvalue weighted by Crippen LogP contribution is -2.48. The van der Waals surface area contributed by atoms with Crippen LogP contribution in [-0.2, 0) is 0 Å². The van der Waals surface area contributed by atoms with Gasteiger partial charge in [-0.05, 0) is 13.3 Å². The van der Waals surface area contributed by atoms with Crippen LogP contribution in [0.1, 0.15) is 13.3 Å². The van der Waals surface area contributed by atoms with E-state index in [2.05, 4.69) is 17.1 Å². The molecule has 2 saturated heterocycles. The minimum Gasteiger partial charge on any atom is -0.311 e. The van der Waals surface area contributed by atoms with Crippen molar-refractivity contribution in [3.63, 3.8) is 0 Å². The van der Waals surface area contributed by atoms with E-state index in [1.807, 2.05) is 0 Å². The highest BCUT2D eigenvalue weighted by Gasteiger charge is 2.30. The smallest absolute Gasteiger partial charge is 0.0207 e. The molecule has 2 rings (SSSR count). The molecule has 2 heteroatoms. The lowest BCUT2D eigenvalue weighted by Gasteiger charge is -2.29. The number of nitrogens with zero attached hydrogens (tertiary/aromatic N) is 1. The molecule has 2 bridgehead atoms. The maximum Gasteiger partial charge on any atom is 0.0207 e. The van der Waals surface area contributed by atoms with E-state index in [0.717, 1.165) is 12.1 Å². The maximum absolute atomic E-state index is 3.52. The van der Waals surface area contributed by atoms with Crippen LogP contribution in [0.3, 0.4) is 0 Å². The molecule has 3 atom stereocenters. The largest absolute Gasteiger partial charge is 0.311 e. The van der Waals surface area contributed by atoms with Gasteiger partial charge in [-0.3, -0.25) is 4.90 Å². The Morgan fingerprint density at radius 1 is 1.56 bits per heavy atom. The molecule has 0 saturated carbocycles. The third kappa shape index (κ3) is 0.864. The van der Waals surface area contributed by atoms with Crippen molar-refractivity contribution >= 4 is 0 Å². The molecule has 2 aliphatic rings. The van der Waals surface area contributed by atoms with Crippen molar-refractivity contribution in [2.75, 3.05) is 19.6 Å². The summed E-state index contributed by atoms with van der Waals surface area (Å²) < 4.78 is 0. The molecule has 0 spiro atoms. The summed E-state index contributed by atoms with van der Waals surface area (Å²) in [6.07, 6.45) is 1.37. The number of hydrogen-bond acceptors (Lipinski definition) is 2. The predicted octanol–water partition coefficient (Wildman–Crippen LogP) is 0.0524. The van der Waals surface area contributed by atoms with Crippen LogP contribution in [0.2, 0.25) is 0 Å². The Bertz CT molecular complexity index is 113. The molecule has 1 N–H and O–H groups in total. The Kier molecular flexibility index (Phi) is 1.24. The monoisotopic (exact) mass is 126 g/mol. The first-order valence-corrected chi connectivity index (χ1v) is 3.83. The SMILES string of the molecule is CC1CNC2CCN1C2. The predicted molar refractivity (Wildman–Crippen MR) is 37.4 cm³/mol. The summed E-state index contributed by atoms with van der Waals surface area (Å²) in [5.74, 6) is 0. The van der Waals surface area contributed by atoms with Crippen LogP contribution in [0.25, 0.3) is 0 Å². The molecule has 0 aromatic rings. The van der Waals surface area contributed by atoms with Crippen LogP contribution in [0.15, 0.2) is 0 Å². The van der Waals surface area contributed by atoms with Crippen molar-refractivity contribution in [3.8, 4) is 0 Å². The van der Waals surface area contributed by atoms with E-state index in [9.17, 15) is 0 Å². The van der Waals surface area contributed by atoms with Crippen molar-refractivity contribution in [1.29, 1.82) is 0 Å². The average Bonchev–Trinajstić information content (AvgIpc) is 2.25. The molecule has 9 heavy (non-hydrogen) atoms. The van der Waals surface area contributed by atoms with E-state index < -0.39 is 0 Å². The average molecular weight is 126 g/mol. The summed E-state index contributed by atoms with van der Waals surface area (Å²) in [5, 5.41) is 3.52. The third-order valence-corrected chi connectivity index (χ3v) is 2.54. The molecule has 0 radical (unpaired) electrons. The van der Waals surface area contributed by atoms with Gasteiger partial charge in [-0.1, -0.05) is 0 Å². The Balaban J connectivity index is 2.05. The zero-order valence-electron chi connectivity index (χ0n) is 5.93. The van der Waals surface area contributed by atoms with Crippen LogP contribution < -0.4 is 5.32 Å². The highest BCUT2D eigenvalue weighted by atomic mass is 15.3. The molecule has 2 nitrogen and oxygen atoms in total. The Hall–Kier alpha value is -0.0800. The zero-order chi connectivity index (χ0) is 6.27. The first kappa shape index (κ1) is 5.69. The minimum absolute atomic E-state index is 0.781. The van der Waals surface area contributed by atoms with Crippen molar-refractivity contribution in [3.05, 3.63) is 0 Å². The van der Waals surface area contributed by atoms with E-state index in [1.54, 1.807) is 0 Å². The summed E-state index contributed by atoms with van der Waals surface area (Å²) in [5.41, 5.74) is 0. The summed E-state index contributed by atoms with van der Waals surface area (Å²) in [4.78, 5) is 2.57. The fourth-order valence-corrected chi connectivity index (χ4v) is 1.82. The maximum atomic E-state index is 3.52. The standard InChI is InChI=1S/C7H14N2/c1-6-4-8-7-2-3-9(6)5-7/h6-8H,2-5H2,1H3. The Morgan fingerprint density at radius 2 is 2.44 bits per heavy atom. The van der Waals surface area contributed by atoms with Gasteiger partial charge in [-0.25, -0.2) is 0 Å². The highest BCUT2D eigenvalue weighted by Crippen LogP contribution is 2.16. The third-order valence-electron chi connectivity index (χ3n) is 2.54. The quantitative estimate of drug-likeness (QED) is 0.493. The van der Waals surface area contributed by atoms with Crippen LogP contribution in [-0.4, -0.2) is 36.6 Å². The van der Waals surface area contributed by atoms with E-state index in [-0.39, 0.29) is 0 Å². The van der Waals surface area contributed by atoms with Crippen LogP contribution in [0, 0.1) is 0 Å². The van der Waals surface area contributed by atoms with Gasteiger partial charge < -0.3 is 5.32 Å². The summed E-state index contributed by atoms with van der Waals surface area (Å²) in [7, 11) is 0. The fourth-order valence-electron chi connectivity index (χ4n) is 1.82. The number of hydrogen-bond donors (Lipinski definition) is 1. The summed E-state index contributed by atoms with van der Waals surface area (Å²) in [6.45, 7) is 6.11. The van der Waals surface area contributed by atoms with Crippen molar-refractivity contribution in [2.45, 2.75) is 25.4 Å². The van der Waals surface area contributed by atoms with Gasteiger partial charge >= 0.3 is 0 Å². The topological polar surface area (TPSA) is 15.3 Å². The molecule has 0 aromatic heterocycles. The molecular weight excluding hydrogens is 112 g/mol. The van der Waals surface area contributed by atoms with Gasteiger partial charge in [0, 0.05) is 31.7 Å². The van der Waals surface area contributed by atoms with Crippen LogP contribution >= 0.6 is 0 Å². The Morgan fingerprint density at radius 3 is 3.22 bits per heavy atom. The van der Waals surface area contributed by atoms with E-state index in [4.69, 9.17) is 0 Å². The van der Waals surface area contributed by atoms with Crippen molar-refractivity contribution < 1.29 is 0 Å². The number of nitrogens with one attached hydrogen (secondary N) is 1. The first-order chi connectivity index (χ1) is 4.36. The normalized spacial score (nSPS) is 49.7. The van der Waals surface area contributed by atoms with Gasteiger partial charge in [0.1, 0.15) is 0 Å². The molecule has 0 aromatic carbocycles. The van der Waals surface area contributed by atoms with E-state index >= 15 is 0 Å². The van der Waals surface area contributed by atoms with Gasteiger partial charge in [-0.2, -0.15) is 0 Å².